The molecule has 4 saturated carbocycles. The van der Waals surface area contributed by atoms with Gasteiger partial charge in [0.15, 0.2) is 0 Å². The van der Waals surface area contributed by atoms with Crippen LogP contribution in [0.25, 0.3) is 10.9 Å². The summed E-state index contributed by atoms with van der Waals surface area (Å²) in [5, 5.41) is 1.12. The van der Waals surface area contributed by atoms with Gasteiger partial charge in [-0.05, 0) is 69.8 Å². The second-order valence-electron chi connectivity index (χ2n) is 11.0. The minimum atomic E-state index is -0.444. The first-order valence-corrected chi connectivity index (χ1v) is 11.6. The maximum absolute atomic E-state index is 13.5. The third-order valence-electron chi connectivity index (χ3n) is 8.87. The summed E-state index contributed by atoms with van der Waals surface area (Å²) in [7, 11) is 1.52. The number of nitrogens with zero attached hydrogens (tertiary/aromatic N) is 2. The number of para-hydroxylation sites is 1. The van der Waals surface area contributed by atoms with E-state index in [-0.39, 0.29) is 29.4 Å². The molecule has 3 atom stereocenters. The summed E-state index contributed by atoms with van der Waals surface area (Å²) >= 11 is 0. The fraction of sp³-hybridized carbons (Fsp3) is 0.577. The molecule has 5 nitrogen and oxygen atoms in total. The molecule has 0 spiro atoms. The van der Waals surface area contributed by atoms with Crippen LogP contribution in [0, 0.1) is 28.6 Å². The van der Waals surface area contributed by atoms with Crippen molar-refractivity contribution in [3.8, 4) is 0 Å². The lowest BCUT2D eigenvalue weighted by Gasteiger charge is -2.66. The molecule has 1 aliphatic heterocycles. The highest BCUT2D eigenvalue weighted by molar-refractivity contribution is 5.93. The maximum Gasteiger partial charge on any atom is 0.311 e. The van der Waals surface area contributed by atoms with Crippen molar-refractivity contribution in [2.45, 2.75) is 58.0 Å². The van der Waals surface area contributed by atoms with Gasteiger partial charge in [0.2, 0.25) is 5.91 Å². The zero-order valence-corrected chi connectivity index (χ0v) is 18.5. The Morgan fingerprint density at radius 1 is 1.10 bits per heavy atom. The number of fused-ring (bicyclic) bond motifs is 1. The summed E-state index contributed by atoms with van der Waals surface area (Å²) in [4.78, 5) is 33.1. The summed E-state index contributed by atoms with van der Waals surface area (Å²) in [5.41, 5.74) is 1.39. The van der Waals surface area contributed by atoms with E-state index in [1.807, 2.05) is 12.3 Å². The molecule has 3 unspecified atom stereocenters. The Kier molecular flexibility index (Phi) is 3.92. The summed E-state index contributed by atoms with van der Waals surface area (Å²) in [6.07, 6.45) is 6.79. The number of amides is 1. The van der Waals surface area contributed by atoms with E-state index in [1.165, 1.54) is 7.11 Å². The monoisotopic (exact) mass is 418 g/mol. The van der Waals surface area contributed by atoms with Crippen molar-refractivity contribution in [2.75, 3.05) is 7.11 Å². The average molecular weight is 419 g/mol. The normalized spacial score (nSPS) is 37.7. The second kappa shape index (κ2) is 6.30. The lowest BCUT2D eigenvalue weighted by Crippen LogP contribution is -2.70. The first-order chi connectivity index (χ1) is 14.9. The summed E-state index contributed by atoms with van der Waals surface area (Å²) in [6, 6.07) is 10.6. The van der Waals surface area contributed by atoms with E-state index >= 15 is 0 Å². The SMILES string of the molecule is COC(=O)[C@]12CC3CC(C1)[C@@H](N1C(=O)C(C)(C)C1c1cccc4cccnc14)C(C3)C2. The van der Waals surface area contributed by atoms with Crippen molar-refractivity contribution in [2.24, 2.45) is 28.6 Å². The summed E-state index contributed by atoms with van der Waals surface area (Å²) in [6.45, 7) is 4.15. The number of carbonyl (C=O) groups is 2. The molecular weight excluding hydrogens is 388 g/mol. The molecule has 1 amide bonds. The number of hydrogen-bond acceptors (Lipinski definition) is 4. The molecule has 5 aliphatic rings. The van der Waals surface area contributed by atoms with Crippen LogP contribution in [0.2, 0.25) is 0 Å². The van der Waals surface area contributed by atoms with E-state index in [0.717, 1.165) is 48.6 Å². The number of methoxy groups -OCH3 is 1. The van der Waals surface area contributed by atoms with Gasteiger partial charge in [-0.1, -0.05) is 24.3 Å². The van der Waals surface area contributed by atoms with Crippen LogP contribution < -0.4 is 0 Å². The van der Waals surface area contributed by atoms with Crippen LogP contribution >= 0.6 is 0 Å². The number of ether oxygens (including phenoxy) is 1. The fourth-order valence-electron chi connectivity index (χ4n) is 7.96. The maximum atomic E-state index is 13.5. The molecule has 31 heavy (non-hydrogen) atoms. The zero-order chi connectivity index (χ0) is 21.5. The van der Waals surface area contributed by atoms with Crippen LogP contribution in [0.4, 0.5) is 0 Å². The highest BCUT2D eigenvalue weighted by Gasteiger charge is 2.66. The van der Waals surface area contributed by atoms with Gasteiger partial charge in [-0.25, -0.2) is 0 Å². The van der Waals surface area contributed by atoms with Crippen molar-refractivity contribution in [3.63, 3.8) is 0 Å². The number of β-lactam (4-membered cyclic amide) rings is 1. The Morgan fingerprint density at radius 3 is 2.52 bits per heavy atom. The van der Waals surface area contributed by atoms with Crippen molar-refractivity contribution in [1.29, 1.82) is 0 Å². The smallest absolute Gasteiger partial charge is 0.311 e. The molecule has 7 rings (SSSR count). The first kappa shape index (κ1) is 19.3. The van der Waals surface area contributed by atoms with Gasteiger partial charge in [0.1, 0.15) is 0 Å². The minimum absolute atomic E-state index is 0.0233. The van der Waals surface area contributed by atoms with E-state index in [1.54, 1.807) is 0 Å². The van der Waals surface area contributed by atoms with Crippen LogP contribution in [0.15, 0.2) is 36.5 Å². The lowest BCUT2D eigenvalue weighted by atomic mass is 9.47. The molecule has 1 aromatic carbocycles. The predicted molar refractivity (Wildman–Crippen MR) is 117 cm³/mol. The Labute approximate surface area is 183 Å². The third-order valence-corrected chi connectivity index (χ3v) is 8.87. The van der Waals surface area contributed by atoms with Crippen LogP contribution in [0.5, 0.6) is 0 Å². The van der Waals surface area contributed by atoms with Gasteiger partial charge in [-0.15, -0.1) is 0 Å². The van der Waals surface area contributed by atoms with E-state index in [9.17, 15) is 9.59 Å². The van der Waals surface area contributed by atoms with E-state index < -0.39 is 5.41 Å². The fourth-order valence-corrected chi connectivity index (χ4v) is 7.96. The highest BCUT2D eigenvalue weighted by atomic mass is 16.5. The van der Waals surface area contributed by atoms with Crippen LogP contribution in [-0.2, 0) is 14.3 Å². The number of benzene rings is 1. The van der Waals surface area contributed by atoms with Crippen molar-refractivity contribution < 1.29 is 14.3 Å². The molecule has 2 heterocycles. The molecular formula is C26H30N2O3. The number of hydrogen-bond donors (Lipinski definition) is 0. The Hall–Kier alpha value is -2.43. The van der Waals surface area contributed by atoms with Gasteiger partial charge < -0.3 is 9.64 Å². The van der Waals surface area contributed by atoms with Crippen molar-refractivity contribution >= 4 is 22.8 Å². The third kappa shape index (κ3) is 2.46. The number of rotatable bonds is 3. The van der Waals surface area contributed by atoms with Crippen LogP contribution in [0.1, 0.15) is 57.6 Å². The second-order valence-corrected chi connectivity index (χ2v) is 11.0. The Morgan fingerprint density at radius 2 is 1.81 bits per heavy atom. The number of likely N-dealkylation sites (tertiary alicyclic amines) is 1. The first-order valence-electron chi connectivity index (χ1n) is 11.6. The number of esters is 1. The molecule has 0 N–H and O–H groups in total. The highest BCUT2D eigenvalue weighted by Crippen LogP contribution is 2.65. The van der Waals surface area contributed by atoms with E-state index in [2.05, 4.69) is 43.0 Å². The number of aromatic nitrogens is 1. The van der Waals surface area contributed by atoms with Crippen molar-refractivity contribution in [1.82, 2.24) is 9.88 Å². The van der Waals surface area contributed by atoms with Gasteiger partial charge in [-0.2, -0.15) is 0 Å². The summed E-state index contributed by atoms with van der Waals surface area (Å²) < 4.78 is 5.24. The van der Waals surface area contributed by atoms with E-state index in [4.69, 9.17) is 9.72 Å². The molecule has 1 aromatic heterocycles. The van der Waals surface area contributed by atoms with Crippen molar-refractivity contribution in [3.05, 3.63) is 42.1 Å². The number of pyridine rings is 1. The molecule has 0 radical (unpaired) electrons. The summed E-state index contributed by atoms with van der Waals surface area (Å²) in [5.74, 6) is 1.58. The topological polar surface area (TPSA) is 59.5 Å². The molecule has 4 bridgehead atoms. The molecule has 2 aromatic rings. The van der Waals surface area contributed by atoms with Gasteiger partial charge in [-0.3, -0.25) is 14.6 Å². The van der Waals surface area contributed by atoms with Crippen LogP contribution in [0.3, 0.4) is 0 Å². The average Bonchev–Trinajstić information content (AvgIpc) is 2.76. The predicted octanol–water partition coefficient (Wildman–Crippen LogP) is 4.51. The van der Waals surface area contributed by atoms with Gasteiger partial charge in [0.05, 0.1) is 29.5 Å². The van der Waals surface area contributed by atoms with Gasteiger partial charge in [0, 0.05) is 23.2 Å². The largest absolute Gasteiger partial charge is 0.469 e. The van der Waals surface area contributed by atoms with E-state index in [0.29, 0.717) is 17.8 Å². The minimum Gasteiger partial charge on any atom is -0.469 e. The molecule has 1 saturated heterocycles. The molecule has 5 heteroatoms. The molecule has 4 aliphatic carbocycles. The van der Waals surface area contributed by atoms with Crippen LogP contribution in [-0.4, -0.2) is 34.9 Å². The Bertz CT molecular complexity index is 1070. The molecule has 5 fully saturated rings. The molecule has 162 valence electrons. The lowest BCUT2D eigenvalue weighted by molar-refractivity contribution is -0.203. The Balaban J connectivity index is 1.41. The standard InChI is InChI=1S/C26H30N2O3/c1-25(2)22(19-8-4-6-16-7-5-9-27-20(16)19)28(23(25)29)21-17-10-15-11-18(21)14-26(12-15,13-17)24(30)31-3/h4-9,15,17-18,21-22H,10-14H2,1-3H3/t15?,17?,18?,21-,22?,26-. The quantitative estimate of drug-likeness (QED) is 0.543. The van der Waals surface area contributed by atoms with Gasteiger partial charge in [0.25, 0.3) is 0 Å². The number of carbonyl (C=O) groups excluding carboxylic acids is 2. The zero-order valence-electron chi connectivity index (χ0n) is 18.5. The van der Waals surface area contributed by atoms with Gasteiger partial charge >= 0.3 is 5.97 Å².